The van der Waals surface area contributed by atoms with Gasteiger partial charge in [0.1, 0.15) is 0 Å². The Balaban J connectivity index is 1.95. The second kappa shape index (κ2) is 5.38. The highest BCUT2D eigenvalue weighted by Gasteiger charge is 2.54. The first kappa shape index (κ1) is 14.8. The maximum Gasteiger partial charge on any atom is 0.311 e. The summed E-state index contributed by atoms with van der Waals surface area (Å²) >= 11 is 0. The van der Waals surface area contributed by atoms with Crippen molar-refractivity contribution in [3.8, 4) is 0 Å². The Labute approximate surface area is 114 Å². The molecule has 0 aromatic carbocycles. The fourth-order valence-electron chi connectivity index (χ4n) is 3.41. The fourth-order valence-corrected chi connectivity index (χ4v) is 3.41. The molecule has 0 spiro atoms. The molecule has 5 nitrogen and oxygen atoms in total. The van der Waals surface area contributed by atoms with Gasteiger partial charge < -0.3 is 14.6 Å². The Kier molecular flexibility index (Phi) is 4.18. The van der Waals surface area contributed by atoms with E-state index in [0.29, 0.717) is 0 Å². The van der Waals surface area contributed by atoms with Crippen LogP contribution in [-0.4, -0.2) is 36.2 Å². The monoisotopic (exact) mass is 271 g/mol. The van der Waals surface area contributed by atoms with Gasteiger partial charge in [-0.2, -0.15) is 0 Å². The lowest BCUT2D eigenvalue weighted by molar-refractivity contribution is -0.240. The van der Waals surface area contributed by atoms with Gasteiger partial charge >= 0.3 is 5.97 Å². The third-order valence-electron chi connectivity index (χ3n) is 4.63. The predicted octanol–water partition coefficient (Wildman–Crippen LogP) is 1.54. The van der Waals surface area contributed by atoms with Crippen LogP contribution in [0.2, 0.25) is 0 Å². The molecule has 3 aliphatic rings. The SMILES string of the molecule is COC(=O)C12CCC(OC(O)NC(C)C)(CC1)CC2. The van der Waals surface area contributed by atoms with E-state index in [2.05, 4.69) is 5.32 Å². The van der Waals surface area contributed by atoms with E-state index in [9.17, 15) is 9.90 Å². The van der Waals surface area contributed by atoms with Crippen LogP contribution in [0.15, 0.2) is 0 Å². The first-order chi connectivity index (χ1) is 8.91. The first-order valence-electron chi connectivity index (χ1n) is 7.12. The molecule has 0 aromatic heterocycles. The Morgan fingerprint density at radius 2 is 1.68 bits per heavy atom. The maximum atomic E-state index is 11.9. The molecule has 0 aliphatic heterocycles. The lowest BCUT2D eigenvalue weighted by Gasteiger charge is -2.51. The average Bonchev–Trinajstić information content (AvgIpc) is 2.38. The van der Waals surface area contributed by atoms with E-state index in [4.69, 9.17) is 9.47 Å². The second-order valence-corrected chi connectivity index (χ2v) is 6.25. The number of ether oxygens (including phenoxy) is 2. The van der Waals surface area contributed by atoms with E-state index >= 15 is 0 Å². The van der Waals surface area contributed by atoms with Crippen molar-refractivity contribution in [2.75, 3.05) is 7.11 Å². The van der Waals surface area contributed by atoms with Crippen molar-refractivity contribution >= 4 is 5.97 Å². The number of esters is 1. The summed E-state index contributed by atoms with van der Waals surface area (Å²) in [4.78, 5) is 11.9. The summed E-state index contributed by atoms with van der Waals surface area (Å²) in [7, 11) is 1.46. The molecule has 3 aliphatic carbocycles. The Bertz CT molecular complexity index is 318. The molecule has 3 saturated carbocycles. The first-order valence-corrected chi connectivity index (χ1v) is 7.12. The van der Waals surface area contributed by atoms with Gasteiger partial charge in [0.2, 0.25) is 6.41 Å². The number of aliphatic hydroxyl groups is 1. The van der Waals surface area contributed by atoms with Crippen LogP contribution in [0, 0.1) is 5.41 Å². The van der Waals surface area contributed by atoms with Crippen LogP contribution in [0.4, 0.5) is 0 Å². The number of fused-ring (bicyclic) bond motifs is 3. The van der Waals surface area contributed by atoms with Crippen molar-refractivity contribution in [1.82, 2.24) is 5.32 Å². The molecular weight excluding hydrogens is 246 g/mol. The molecule has 0 amide bonds. The molecule has 110 valence electrons. The quantitative estimate of drug-likeness (QED) is 0.586. The van der Waals surface area contributed by atoms with Crippen LogP contribution in [-0.2, 0) is 14.3 Å². The van der Waals surface area contributed by atoms with Gasteiger partial charge in [-0.05, 0) is 52.4 Å². The van der Waals surface area contributed by atoms with Crippen molar-refractivity contribution in [2.24, 2.45) is 5.41 Å². The zero-order chi connectivity index (χ0) is 14.1. The van der Waals surface area contributed by atoms with Crippen LogP contribution in [0.3, 0.4) is 0 Å². The third-order valence-corrected chi connectivity index (χ3v) is 4.63. The number of methoxy groups -OCH3 is 1. The largest absolute Gasteiger partial charge is 0.469 e. The van der Waals surface area contributed by atoms with Gasteiger partial charge in [-0.25, -0.2) is 0 Å². The zero-order valence-electron chi connectivity index (χ0n) is 12.1. The van der Waals surface area contributed by atoms with Crippen molar-refractivity contribution in [2.45, 2.75) is 70.4 Å². The number of hydrogen-bond acceptors (Lipinski definition) is 5. The van der Waals surface area contributed by atoms with Crippen LogP contribution in [0.25, 0.3) is 0 Å². The van der Waals surface area contributed by atoms with Crippen molar-refractivity contribution in [3.63, 3.8) is 0 Å². The van der Waals surface area contributed by atoms with E-state index in [1.165, 1.54) is 7.11 Å². The highest BCUT2D eigenvalue weighted by atomic mass is 16.6. The number of aliphatic hydroxyl groups excluding tert-OH is 1. The van der Waals surface area contributed by atoms with Crippen molar-refractivity contribution < 1.29 is 19.4 Å². The van der Waals surface area contributed by atoms with Crippen LogP contribution < -0.4 is 5.32 Å². The number of nitrogens with one attached hydrogen (secondary N) is 1. The number of carbonyl (C=O) groups is 1. The molecule has 0 heterocycles. The summed E-state index contributed by atoms with van der Waals surface area (Å²) in [6.45, 7) is 3.93. The van der Waals surface area contributed by atoms with Gasteiger partial charge in [-0.1, -0.05) is 0 Å². The summed E-state index contributed by atoms with van der Waals surface area (Å²) < 4.78 is 10.8. The highest BCUT2D eigenvalue weighted by molar-refractivity contribution is 5.77. The summed E-state index contributed by atoms with van der Waals surface area (Å²) in [6.07, 6.45) is 3.93. The summed E-state index contributed by atoms with van der Waals surface area (Å²) in [5, 5.41) is 12.8. The van der Waals surface area contributed by atoms with Gasteiger partial charge in [0, 0.05) is 6.04 Å². The molecule has 3 fully saturated rings. The van der Waals surface area contributed by atoms with Gasteiger partial charge in [0.25, 0.3) is 0 Å². The van der Waals surface area contributed by atoms with E-state index in [-0.39, 0.29) is 23.0 Å². The molecule has 1 atom stereocenters. The van der Waals surface area contributed by atoms with E-state index in [0.717, 1.165) is 38.5 Å². The van der Waals surface area contributed by atoms with Crippen molar-refractivity contribution in [1.29, 1.82) is 0 Å². The Morgan fingerprint density at radius 3 is 2.11 bits per heavy atom. The molecule has 3 rings (SSSR count). The molecular formula is C14H25NO4. The second-order valence-electron chi connectivity index (χ2n) is 6.25. The normalized spacial score (nSPS) is 35.4. The minimum Gasteiger partial charge on any atom is -0.469 e. The number of rotatable bonds is 5. The molecule has 0 aromatic rings. The topological polar surface area (TPSA) is 67.8 Å². The number of hydrogen-bond donors (Lipinski definition) is 2. The van der Waals surface area contributed by atoms with E-state index in [1.54, 1.807) is 0 Å². The molecule has 5 heteroatoms. The van der Waals surface area contributed by atoms with Gasteiger partial charge in [0.05, 0.1) is 18.1 Å². The standard InChI is InChI=1S/C14H25NO4/c1-10(2)15-12(17)19-14-7-4-13(5-8-14,6-9-14)11(16)18-3/h10,12,15,17H,4-9H2,1-3H3. The van der Waals surface area contributed by atoms with Crippen LogP contribution >= 0.6 is 0 Å². The third kappa shape index (κ3) is 2.93. The zero-order valence-corrected chi connectivity index (χ0v) is 12.1. The predicted molar refractivity (Wildman–Crippen MR) is 70.2 cm³/mol. The Morgan fingerprint density at radius 1 is 1.16 bits per heavy atom. The van der Waals surface area contributed by atoms with Crippen molar-refractivity contribution in [3.05, 3.63) is 0 Å². The fraction of sp³-hybridized carbons (Fsp3) is 0.929. The molecule has 0 radical (unpaired) electrons. The lowest BCUT2D eigenvalue weighted by atomic mass is 9.58. The molecule has 2 N–H and O–H groups in total. The lowest BCUT2D eigenvalue weighted by Crippen LogP contribution is -2.54. The van der Waals surface area contributed by atoms with E-state index < -0.39 is 6.41 Å². The maximum absolute atomic E-state index is 11.9. The highest BCUT2D eigenvalue weighted by Crippen LogP contribution is 2.54. The summed E-state index contributed by atoms with van der Waals surface area (Å²) in [5.41, 5.74) is -0.562. The minimum atomic E-state index is -0.927. The average molecular weight is 271 g/mol. The molecule has 0 saturated heterocycles. The summed E-state index contributed by atoms with van der Waals surface area (Å²) in [5.74, 6) is -0.0818. The minimum absolute atomic E-state index is 0.0818. The van der Waals surface area contributed by atoms with Gasteiger partial charge in [-0.3, -0.25) is 10.1 Å². The molecule has 1 unspecified atom stereocenters. The van der Waals surface area contributed by atoms with Gasteiger partial charge in [0.15, 0.2) is 0 Å². The Hall–Kier alpha value is -0.650. The number of carbonyl (C=O) groups excluding carboxylic acids is 1. The molecule has 2 bridgehead atoms. The summed E-state index contributed by atoms with van der Waals surface area (Å²) in [6, 6.07) is 0.174. The van der Waals surface area contributed by atoms with Crippen LogP contribution in [0.1, 0.15) is 52.4 Å². The van der Waals surface area contributed by atoms with E-state index in [1.807, 2.05) is 13.8 Å². The van der Waals surface area contributed by atoms with Gasteiger partial charge in [-0.15, -0.1) is 0 Å². The smallest absolute Gasteiger partial charge is 0.311 e. The van der Waals surface area contributed by atoms with Crippen LogP contribution in [0.5, 0.6) is 0 Å². The molecule has 19 heavy (non-hydrogen) atoms.